The minimum atomic E-state index is -0.295. The van der Waals surface area contributed by atoms with E-state index in [1.807, 2.05) is 30.3 Å². The van der Waals surface area contributed by atoms with Gasteiger partial charge < -0.3 is 14.2 Å². The third-order valence-corrected chi connectivity index (χ3v) is 5.04. The second kappa shape index (κ2) is 7.34. The second-order valence-electron chi connectivity index (χ2n) is 6.67. The molecule has 1 aromatic carbocycles. The van der Waals surface area contributed by atoms with Crippen molar-refractivity contribution in [3.63, 3.8) is 0 Å². The van der Waals surface area contributed by atoms with Crippen LogP contribution in [0.2, 0.25) is 0 Å². The SMILES string of the molecule is CC(=O)OC[C@@H]1[C@H](C[C@H](OC(C)=O)c2ccccc2)C2CC[C@H]1O2. The summed E-state index contributed by atoms with van der Waals surface area (Å²) in [6.45, 7) is 3.24. The van der Waals surface area contributed by atoms with Crippen LogP contribution in [-0.2, 0) is 23.8 Å². The summed E-state index contributed by atoms with van der Waals surface area (Å²) < 4.78 is 16.9. The van der Waals surface area contributed by atoms with E-state index in [1.165, 1.54) is 13.8 Å². The van der Waals surface area contributed by atoms with Gasteiger partial charge in [0.2, 0.25) is 0 Å². The van der Waals surface area contributed by atoms with Crippen LogP contribution < -0.4 is 0 Å². The van der Waals surface area contributed by atoms with Crippen LogP contribution in [0.5, 0.6) is 0 Å². The summed E-state index contributed by atoms with van der Waals surface area (Å²) in [4.78, 5) is 22.7. The summed E-state index contributed by atoms with van der Waals surface area (Å²) in [7, 11) is 0. The van der Waals surface area contributed by atoms with Crippen molar-refractivity contribution in [1.29, 1.82) is 0 Å². The zero-order valence-corrected chi connectivity index (χ0v) is 14.1. The molecule has 0 N–H and O–H groups in total. The number of hydrogen-bond donors (Lipinski definition) is 0. The number of carbonyl (C=O) groups is 2. The maximum Gasteiger partial charge on any atom is 0.303 e. The van der Waals surface area contributed by atoms with Crippen LogP contribution >= 0.6 is 0 Å². The van der Waals surface area contributed by atoms with E-state index in [0.717, 1.165) is 18.4 Å². The smallest absolute Gasteiger partial charge is 0.303 e. The molecule has 2 saturated heterocycles. The molecule has 2 bridgehead atoms. The van der Waals surface area contributed by atoms with Crippen LogP contribution in [0, 0.1) is 11.8 Å². The Labute approximate surface area is 142 Å². The molecule has 5 nitrogen and oxygen atoms in total. The van der Waals surface area contributed by atoms with Gasteiger partial charge in [0, 0.05) is 19.8 Å². The average molecular weight is 332 g/mol. The molecule has 5 heteroatoms. The topological polar surface area (TPSA) is 61.8 Å². The molecule has 2 aliphatic heterocycles. The highest BCUT2D eigenvalue weighted by Gasteiger charge is 2.50. The fourth-order valence-corrected chi connectivity index (χ4v) is 4.01. The van der Waals surface area contributed by atoms with Gasteiger partial charge in [-0.2, -0.15) is 0 Å². The van der Waals surface area contributed by atoms with Crippen molar-refractivity contribution < 1.29 is 23.8 Å². The van der Waals surface area contributed by atoms with Crippen LogP contribution in [0.4, 0.5) is 0 Å². The van der Waals surface area contributed by atoms with E-state index in [1.54, 1.807) is 0 Å². The molecule has 0 aliphatic carbocycles. The average Bonchev–Trinajstić information content (AvgIpc) is 3.14. The Balaban J connectivity index is 1.74. The lowest BCUT2D eigenvalue weighted by Crippen LogP contribution is -2.33. The molecule has 2 fully saturated rings. The Kier molecular flexibility index (Phi) is 5.19. The summed E-state index contributed by atoms with van der Waals surface area (Å²) >= 11 is 0. The molecule has 0 radical (unpaired) electrons. The van der Waals surface area contributed by atoms with Crippen molar-refractivity contribution in [3.8, 4) is 0 Å². The number of hydrogen-bond acceptors (Lipinski definition) is 5. The maximum absolute atomic E-state index is 11.5. The van der Waals surface area contributed by atoms with Crippen LogP contribution in [0.15, 0.2) is 30.3 Å². The predicted octanol–water partition coefficient (Wildman–Crippen LogP) is 3.04. The van der Waals surface area contributed by atoms with Crippen molar-refractivity contribution >= 4 is 11.9 Å². The molecule has 3 rings (SSSR count). The minimum Gasteiger partial charge on any atom is -0.465 e. The quantitative estimate of drug-likeness (QED) is 0.749. The lowest BCUT2D eigenvalue weighted by Gasteiger charge is -2.30. The molecule has 0 amide bonds. The first kappa shape index (κ1) is 17.0. The van der Waals surface area contributed by atoms with E-state index >= 15 is 0 Å². The fraction of sp³-hybridized carbons (Fsp3) is 0.579. The van der Waals surface area contributed by atoms with Gasteiger partial charge in [0.1, 0.15) is 6.10 Å². The molecule has 1 unspecified atom stereocenters. The van der Waals surface area contributed by atoms with Crippen LogP contribution in [-0.4, -0.2) is 30.8 Å². The second-order valence-corrected chi connectivity index (χ2v) is 6.67. The van der Waals surface area contributed by atoms with Gasteiger partial charge in [0.25, 0.3) is 0 Å². The Hall–Kier alpha value is -1.88. The zero-order valence-electron chi connectivity index (χ0n) is 14.1. The molecule has 130 valence electrons. The lowest BCUT2D eigenvalue weighted by molar-refractivity contribution is -0.148. The Morgan fingerprint density at radius 3 is 2.38 bits per heavy atom. The number of ether oxygens (including phenoxy) is 3. The van der Waals surface area contributed by atoms with Crippen LogP contribution in [0.25, 0.3) is 0 Å². The fourth-order valence-electron chi connectivity index (χ4n) is 4.01. The Morgan fingerprint density at radius 1 is 1.08 bits per heavy atom. The first-order valence-electron chi connectivity index (χ1n) is 8.55. The molecule has 5 atom stereocenters. The zero-order chi connectivity index (χ0) is 17.1. The van der Waals surface area contributed by atoms with E-state index in [4.69, 9.17) is 14.2 Å². The van der Waals surface area contributed by atoms with Crippen molar-refractivity contribution in [2.45, 2.75) is 51.4 Å². The van der Waals surface area contributed by atoms with E-state index in [2.05, 4.69) is 0 Å². The molecular formula is C19H24O5. The summed E-state index contributed by atoms with van der Waals surface area (Å²) in [5.41, 5.74) is 0.988. The van der Waals surface area contributed by atoms with Crippen LogP contribution in [0.3, 0.4) is 0 Å². The van der Waals surface area contributed by atoms with Gasteiger partial charge in [-0.1, -0.05) is 30.3 Å². The molecule has 1 aromatic rings. The molecule has 2 heterocycles. The number of benzene rings is 1. The molecule has 0 aromatic heterocycles. The highest BCUT2D eigenvalue weighted by atomic mass is 16.5. The summed E-state index contributed by atoms with van der Waals surface area (Å²) in [6, 6.07) is 9.78. The first-order chi connectivity index (χ1) is 11.5. The number of rotatable bonds is 6. The molecule has 2 aliphatic rings. The van der Waals surface area contributed by atoms with Crippen molar-refractivity contribution in [2.24, 2.45) is 11.8 Å². The van der Waals surface area contributed by atoms with Gasteiger partial charge in [0.05, 0.1) is 18.8 Å². The van der Waals surface area contributed by atoms with E-state index in [0.29, 0.717) is 13.0 Å². The largest absolute Gasteiger partial charge is 0.465 e. The maximum atomic E-state index is 11.5. The normalized spacial score (nSPS) is 29.2. The monoisotopic (exact) mass is 332 g/mol. The van der Waals surface area contributed by atoms with E-state index in [9.17, 15) is 9.59 Å². The molecule has 24 heavy (non-hydrogen) atoms. The van der Waals surface area contributed by atoms with Gasteiger partial charge >= 0.3 is 11.9 Å². The summed E-state index contributed by atoms with van der Waals surface area (Å²) in [5, 5.41) is 0. The number of carbonyl (C=O) groups excluding carboxylic acids is 2. The third kappa shape index (κ3) is 3.78. The molecular weight excluding hydrogens is 308 g/mol. The lowest BCUT2D eigenvalue weighted by atomic mass is 9.76. The van der Waals surface area contributed by atoms with Crippen molar-refractivity contribution in [2.75, 3.05) is 6.61 Å². The highest BCUT2D eigenvalue weighted by Crippen LogP contribution is 2.47. The first-order valence-corrected chi connectivity index (χ1v) is 8.55. The van der Waals surface area contributed by atoms with Gasteiger partial charge in [-0.15, -0.1) is 0 Å². The highest BCUT2D eigenvalue weighted by molar-refractivity contribution is 5.66. The summed E-state index contributed by atoms with van der Waals surface area (Å²) in [5.74, 6) is -0.150. The number of fused-ring (bicyclic) bond motifs is 2. The van der Waals surface area contributed by atoms with E-state index < -0.39 is 0 Å². The molecule has 0 saturated carbocycles. The van der Waals surface area contributed by atoms with Gasteiger partial charge in [-0.25, -0.2) is 0 Å². The Morgan fingerprint density at radius 2 is 1.75 bits per heavy atom. The summed E-state index contributed by atoms with van der Waals surface area (Å²) in [6.07, 6.45) is 2.74. The predicted molar refractivity (Wildman–Crippen MR) is 87.1 cm³/mol. The molecule has 0 spiro atoms. The van der Waals surface area contributed by atoms with E-state index in [-0.39, 0.29) is 42.1 Å². The Bertz CT molecular complexity index is 585. The van der Waals surface area contributed by atoms with Gasteiger partial charge in [-0.3, -0.25) is 9.59 Å². The number of esters is 2. The van der Waals surface area contributed by atoms with Gasteiger partial charge in [-0.05, 0) is 30.7 Å². The van der Waals surface area contributed by atoms with Gasteiger partial charge in [0.15, 0.2) is 0 Å². The van der Waals surface area contributed by atoms with Crippen LogP contribution in [0.1, 0.15) is 44.8 Å². The minimum absolute atomic E-state index is 0.146. The van der Waals surface area contributed by atoms with Crippen molar-refractivity contribution in [1.82, 2.24) is 0 Å². The third-order valence-electron chi connectivity index (χ3n) is 5.04. The standard InChI is InChI=1S/C19H24O5/c1-12(20)22-11-16-15(17-8-9-18(16)24-17)10-19(23-13(2)21)14-6-4-3-5-7-14/h3-7,15-19H,8-11H2,1-2H3/t15-,16+,17?,18+,19-/m0/s1. The van der Waals surface area contributed by atoms with Crippen molar-refractivity contribution in [3.05, 3.63) is 35.9 Å².